The number of aryl methyl sites for hydroxylation is 1. The van der Waals surface area contributed by atoms with E-state index >= 15 is 0 Å². The molecule has 0 bridgehead atoms. The monoisotopic (exact) mass is 159 g/mol. The molecule has 0 amide bonds. The molecule has 0 unspecified atom stereocenters. The number of nitrogens with zero attached hydrogens (tertiary/aromatic N) is 1. The molecule has 12 heavy (non-hydrogen) atoms. The van der Waals surface area contributed by atoms with E-state index in [2.05, 4.69) is 11.7 Å². The number of benzene rings is 1. The molecule has 1 aromatic heterocycles. The van der Waals surface area contributed by atoms with E-state index in [1.807, 2.05) is 25.1 Å². The molecule has 0 fully saturated rings. The molecule has 0 saturated heterocycles. The van der Waals surface area contributed by atoms with Gasteiger partial charge in [-0.15, -0.1) is 0 Å². The summed E-state index contributed by atoms with van der Waals surface area (Å²) in [5.41, 5.74) is 2.81. The molecule has 1 aromatic carbocycles. The first kappa shape index (κ1) is 7.10. The van der Waals surface area contributed by atoms with E-state index in [1.165, 1.54) is 0 Å². The average Bonchev–Trinajstić information content (AvgIpc) is 2.47. The van der Waals surface area contributed by atoms with Gasteiger partial charge in [0.25, 0.3) is 0 Å². The van der Waals surface area contributed by atoms with E-state index < -0.39 is 0 Å². The third-order valence-corrected chi connectivity index (χ3v) is 1.91. The fourth-order valence-electron chi connectivity index (χ4n) is 1.21. The van der Waals surface area contributed by atoms with Crippen molar-refractivity contribution in [2.24, 2.45) is 0 Å². The highest BCUT2D eigenvalue weighted by Gasteiger charge is 2.02. The minimum absolute atomic E-state index is 0.824. The Morgan fingerprint density at radius 2 is 2.33 bits per heavy atom. The van der Waals surface area contributed by atoms with Gasteiger partial charge in [0.15, 0.2) is 5.58 Å². The van der Waals surface area contributed by atoms with Crippen molar-refractivity contribution < 1.29 is 4.52 Å². The summed E-state index contributed by atoms with van der Waals surface area (Å²) in [5.74, 6) is 0. The second kappa shape index (κ2) is 2.48. The first-order valence-electron chi connectivity index (χ1n) is 3.80. The quantitative estimate of drug-likeness (QED) is 0.639. The summed E-state index contributed by atoms with van der Waals surface area (Å²) < 4.78 is 5.09. The average molecular weight is 159 g/mol. The zero-order valence-corrected chi connectivity index (χ0v) is 6.87. The van der Waals surface area contributed by atoms with Crippen LogP contribution in [0.3, 0.4) is 0 Å². The molecule has 0 atom stereocenters. The summed E-state index contributed by atoms with van der Waals surface area (Å²) in [4.78, 5) is 0. The molecule has 0 aliphatic carbocycles. The number of hydrogen-bond donors (Lipinski definition) is 0. The molecule has 2 nitrogen and oxygen atoms in total. The molecule has 1 heterocycles. The fraction of sp³-hybridized carbons (Fsp3) is 0.100. The van der Waals surface area contributed by atoms with E-state index in [-0.39, 0.29) is 0 Å². The molecular formula is C10H9NO. The van der Waals surface area contributed by atoms with Crippen LogP contribution < -0.4 is 0 Å². The van der Waals surface area contributed by atoms with Gasteiger partial charge >= 0.3 is 0 Å². The number of aromatic nitrogens is 1. The Morgan fingerprint density at radius 1 is 1.50 bits per heavy atom. The second-order valence-corrected chi connectivity index (χ2v) is 2.73. The van der Waals surface area contributed by atoms with Crippen LogP contribution in [0.4, 0.5) is 0 Å². The minimum Gasteiger partial charge on any atom is -0.356 e. The largest absolute Gasteiger partial charge is 0.356 e. The molecule has 0 radical (unpaired) electrons. The third-order valence-electron chi connectivity index (χ3n) is 1.91. The van der Waals surface area contributed by atoms with Gasteiger partial charge in [-0.05, 0) is 24.6 Å². The van der Waals surface area contributed by atoms with Crippen molar-refractivity contribution >= 4 is 17.0 Å². The molecule has 2 heteroatoms. The Bertz CT molecular complexity index is 428. The Morgan fingerprint density at radius 3 is 3.08 bits per heavy atom. The number of hydrogen-bond acceptors (Lipinski definition) is 2. The fourth-order valence-corrected chi connectivity index (χ4v) is 1.21. The highest BCUT2D eigenvalue weighted by Crippen LogP contribution is 2.19. The molecule has 0 aliphatic heterocycles. The van der Waals surface area contributed by atoms with Crippen LogP contribution in [-0.4, -0.2) is 5.16 Å². The summed E-state index contributed by atoms with van der Waals surface area (Å²) >= 11 is 0. The van der Waals surface area contributed by atoms with Crippen LogP contribution >= 0.6 is 0 Å². The van der Waals surface area contributed by atoms with Crippen molar-refractivity contribution in [1.82, 2.24) is 5.16 Å². The molecule has 2 rings (SSSR count). The highest BCUT2D eigenvalue weighted by molar-refractivity contribution is 5.81. The normalized spacial score (nSPS) is 10.4. The maximum absolute atomic E-state index is 5.09. The van der Waals surface area contributed by atoms with E-state index in [4.69, 9.17) is 4.52 Å². The van der Waals surface area contributed by atoms with Crippen LogP contribution in [0.15, 0.2) is 29.3 Å². The minimum atomic E-state index is 0.824. The lowest BCUT2D eigenvalue weighted by molar-refractivity contribution is 0.450. The first-order valence-corrected chi connectivity index (χ1v) is 3.80. The van der Waals surface area contributed by atoms with Crippen LogP contribution in [-0.2, 0) is 0 Å². The van der Waals surface area contributed by atoms with E-state index in [0.717, 1.165) is 22.2 Å². The topological polar surface area (TPSA) is 26.0 Å². The summed E-state index contributed by atoms with van der Waals surface area (Å²) in [5, 5.41) is 4.93. The zero-order chi connectivity index (χ0) is 8.55. The van der Waals surface area contributed by atoms with Crippen molar-refractivity contribution in [3.05, 3.63) is 36.0 Å². The number of rotatable bonds is 1. The lowest BCUT2D eigenvalue weighted by Gasteiger charge is -1.90. The van der Waals surface area contributed by atoms with E-state index in [9.17, 15) is 0 Å². The van der Waals surface area contributed by atoms with Crippen LogP contribution in [0.2, 0.25) is 0 Å². The van der Waals surface area contributed by atoms with E-state index in [0.29, 0.717) is 0 Å². The second-order valence-electron chi connectivity index (χ2n) is 2.73. The number of fused-ring (bicyclic) bond motifs is 1. The predicted octanol–water partition coefficient (Wildman–Crippen LogP) is 2.78. The molecule has 0 aliphatic rings. The van der Waals surface area contributed by atoms with Gasteiger partial charge in [-0.2, -0.15) is 0 Å². The van der Waals surface area contributed by atoms with Crippen molar-refractivity contribution in [2.75, 3.05) is 0 Å². The summed E-state index contributed by atoms with van der Waals surface area (Å²) in [7, 11) is 0. The predicted molar refractivity (Wildman–Crippen MR) is 48.8 cm³/mol. The first-order chi connectivity index (χ1) is 5.81. The Hall–Kier alpha value is -1.57. The lowest BCUT2D eigenvalue weighted by atomic mass is 10.1. The standard InChI is InChI=1S/C10H9NO/c1-3-8-4-5-9-7(2)11-12-10(9)6-8/h3-6H,1H2,2H3. The summed E-state index contributed by atoms with van der Waals surface area (Å²) in [6.07, 6.45) is 1.79. The summed E-state index contributed by atoms with van der Waals surface area (Å²) in [6.45, 7) is 5.61. The van der Waals surface area contributed by atoms with Crippen molar-refractivity contribution in [2.45, 2.75) is 6.92 Å². The van der Waals surface area contributed by atoms with Gasteiger partial charge in [0, 0.05) is 5.39 Å². The van der Waals surface area contributed by atoms with Crippen molar-refractivity contribution in [1.29, 1.82) is 0 Å². The van der Waals surface area contributed by atoms with E-state index in [1.54, 1.807) is 6.08 Å². The lowest BCUT2D eigenvalue weighted by Crippen LogP contribution is -1.71. The third kappa shape index (κ3) is 0.925. The smallest absolute Gasteiger partial charge is 0.167 e. The van der Waals surface area contributed by atoms with Gasteiger partial charge in [-0.1, -0.05) is 23.9 Å². The van der Waals surface area contributed by atoms with Crippen molar-refractivity contribution in [3.63, 3.8) is 0 Å². The van der Waals surface area contributed by atoms with Gasteiger partial charge in [-0.25, -0.2) is 0 Å². The zero-order valence-electron chi connectivity index (χ0n) is 6.87. The van der Waals surface area contributed by atoms with Crippen LogP contribution in [0, 0.1) is 6.92 Å². The van der Waals surface area contributed by atoms with Crippen molar-refractivity contribution in [3.8, 4) is 0 Å². The maximum Gasteiger partial charge on any atom is 0.167 e. The molecule has 0 spiro atoms. The molecule has 2 aromatic rings. The van der Waals surface area contributed by atoms with Crippen LogP contribution in [0.1, 0.15) is 11.3 Å². The Balaban J connectivity index is 2.77. The highest BCUT2D eigenvalue weighted by atomic mass is 16.5. The molecule has 0 saturated carbocycles. The Kier molecular flexibility index (Phi) is 1.47. The summed E-state index contributed by atoms with van der Waals surface area (Å²) in [6, 6.07) is 5.93. The Labute approximate surface area is 70.5 Å². The van der Waals surface area contributed by atoms with Crippen LogP contribution in [0.5, 0.6) is 0 Å². The van der Waals surface area contributed by atoms with Gasteiger partial charge in [0.2, 0.25) is 0 Å². The van der Waals surface area contributed by atoms with Gasteiger partial charge in [0.05, 0.1) is 5.69 Å². The van der Waals surface area contributed by atoms with Crippen LogP contribution in [0.25, 0.3) is 17.0 Å². The maximum atomic E-state index is 5.09. The van der Waals surface area contributed by atoms with Gasteiger partial charge in [0.1, 0.15) is 0 Å². The molecule has 60 valence electrons. The SMILES string of the molecule is C=Cc1ccc2c(C)noc2c1. The van der Waals surface area contributed by atoms with Gasteiger partial charge in [-0.3, -0.25) is 0 Å². The molecular weight excluding hydrogens is 150 g/mol. The van der Waals surface area contributed by atoms with Gasteiger partial charge < -0.3 is 4.52 Å². The molecule has 0 N–H and O–H groups in total.